The molecular weight excluding hydrogens is 536 g/mol. The molecule has 16 heavy (non-hydrogen) atoms. The van der Waals surface area contributed by atoms with Crippen LogP contribution in [0.3, 0.4) is 0 Å². The maximum atomic E-state index is 2.49. The summed E-state index contributed by atoms with van der Waals surface area (Å²) in [5.74, 6) is 6.26. The molecule has 3 aliphatic rings. The van der Waals surface area contributed by atoms with Gasteiger partial charge in [-0.2, -0.15) is 18.8 Å². The number of hydrogen-bond acceptors (Lipinski definition) is 0. The van der Waals surface area contributed by atoms with E-state index in [2.05, 4.69) is 6.92 Å². The van der Waals surface area contributed by atoms with Gasteiger partial charge in [0, 0.05) is 42.1 Å². The second-order valence-corrected chi connectivity index (χ2v) is 5.85. The van der Waals surface area contributed by atoms with Gasteiger partial charge in [-0.05, 0) is 0 Å². The molecular formula is C14H23W2-. The zero-order valence-corrected chi connectivity index (χ0v) is 16.1. The van der Waals surface area contributed by atoms with E-state index in [1.165, 1.54) is 38.5 Å². The van der Waals surface area contributed by atoms with E-state index in [4.69, 9.17) is 0 Å². The first-order valence-electron chi connectivity index (χ1n) is 6.71. The van der Waals surface area contributed by atoms with Gasteiger partial charge in [-0.3, -0.25) is 0 Å². The molecule has 3 rings (SSSR count). The molecule has 3 saturated carbocycles. The Morgan fingerprint density at radius 3 is 1.50 bits per heavy atom. The van der Waals surface area contributed by atoms with E-state index in [0.717, 1.165) is 23.7 Å². The van der Waals surface area contributed by atoms with Crippen molar-refractivity contribution < 1.29 is 42.1 Å². The van der Waals surface area contributed by atoms with Crippen molar-refractivity contribution in [1.29, 1.82) is 0 Å². The van der Waals surface area contributed by atoms with Gasteiger partial charge in [-0.15, -0.1) is 0 Å². The van der Waals surface area contributed by atoms with Gasteiger partial charge in [0.25, 0.3) is 0 Å². The molecule has 2 heteroatoms. The van der Waals surface area contributed by atoms with E-state index in [-0.39, 0.29) is 42.1 Å². The van der Waals surface area contributed by atoms with Crippen LogP contribution in [0.4, 0.5) is 0 Å². The summed E-state index contributed by atoms with van der Waals surface area (Å²) < 4.78 is 0. The van der Waals surface area contributed by atoms with Gasteiger partial charge in [0.05, 0.1) is 0 Å². The van der Waals surface area contributed by atoms with Crippen molar-refractivity contribution in [3.8, 4) is 0 Å². The molecule has 0 heterocycles. The second kappa shape index (κ2) is 6.52. The minimum Gasteiger partial charge on any atom is -0.310 e. The Labute approximate surface area is 129 Å². The van der Waals surface area contributed by atoms with Crippen LogP contribution >= 0.6 is 0 Å². The zero-order chi connectivity index (χ0) is 9.54. The summed E-state index contributed by atoms with van der Waals surface area (Å²) in [5, 5.41) is 0. The molecule has 0 nitrogen and oxygen atoms in total. The first-order chi connectivity index (χ1) is 6.88. The molecule has 0 amide bonds. The van der Waals surface area contributed by atoms with E-state index in [9.17, 15) is 0 Å². The maximum absolute atomic E-state index is 2.49. The number of hydrogen-bond donors (Lipinski definition) is 0. The van der Waals surface area contributed by atoms with Crippen LogP contribution in [0, 0.1) is 29.6 Å². The Morgan fingerprint density at radius 1 is 0.688 bits per heavy atom. The van der Waals surface area contributed by atoms with Crippen molar-refractivity contribution in [2.75, 3.05) is 0 Å². The first kappa shape index (κ1) is 15.4. The van der Waals surface area contributed by atoms with Crippen LogP contribution in [0.1, 0.15) is 58.3 Å². The fourth-order valence-corrected chi connectivity index (χ4v) is 4.75. The Balaban J connectivity index is 0.000000640. The van der Waals surface area contributed by atoms with Crippen LogP contribution in [-0.2, 0) is 42.1 Å². The molecule has 4 unspecified atom stereocenters. The van der Waals surface area contributed by atoms with Crippen LogP contribution in [-0.4, -0.2) is 0 Å². The summed E-state index contributed by atoms with van der Waals surface area (Å²) in [6.07, 6.45) is 12.3. The molecule has 0 aliphatic heterocycles. The monoisotopic (exact) mass is 559 g/mol. The number of fused-ring (bicyclic) bond motifs is 3. The third-order valence-electron chi connectivity index (χ3n) is 5.36. The second-order valence-electron chi connectivity index (χ2n) is 5.85. The predicted octanol–water partition coefficient (Wildman–Crippen LogP) is 4.20. The summed E-state index contributed by atoms with van der Waals surface area (Å²) in [6, 6.07) is 0. The third-order valence-corrected chi connectivity index (χ3v) is 5.36. The van der Waals surface area contributed by atoms with Gasteiger partial charge < -0.3 is 5.92 Å². The van der Waals surface area contributed by atoms with Crippen molar-refractivity contribution >= 4 is 0 Å². The standard InChI is InChI=1S/C14H23.2W/c1-10-11-6-2-4-8-13(11)14-9-5-3-7-12(10)14;;/h11-14H,2-9H2,1H3;;/q-1;;. The van der Waals surface area contributed by atoms with Crippen LogP contribution in [0.2, 0.25) is 0 Å². The minimum atomic E-state index is 0. The van der Waals surface area contributed by atoms with Gasteiger partial charge in [0.15, 0.2) is 0 Å². The topological polar surface area (TPSA) is 0 Å². The van der Waals surface area contributed by atoms with Gasteiger partial charge >= 0.3 is 0 Å². The molecule has 0 spiro atoms. The molecule has 0 N–H and O–H groups in total. The zero-order valence-electron chi connectivity index (χ0n) is 10.3. The summed E-state index contributed by atoms with van der Waals surface area (Å²) in [6.45, 7) is 2.49. The SMILES string of the molecule is C[C-]1C2CCCCC2C2CCCCC12.[W].[W]. The predicted molar refractivity (Wildman–Crippen MR) is 59.8 cm³/mol. The summed E-state index contributed by atoms with van der Waals surface area (Å²) >= 11 is 0. The Kier molecular flexibility index (Phi) is 6.29. The first-order valence-corrected chi connectivity index (χ1v) is 6.71. The maximum Gasteiger partial charge on any atom is 0 e. The molecule has 0 radical (unpaired) electrons. The molecule has 3 aliphatic carbocycles. The minimum absolute atomic E-state index is 0. The van der Waals surface area contributed by atoms with Gasteiger partial charge in [-0.1, -0.05) is 63.2 Å². The Hall–Kier alpha value is 1.38. The Bertz CT molecular complexity index is 195. The molecule has 3 fully saturated rings. The molecule has 92 valence electrons. The molecule has 0 aromatic carbocycles. The van der Waals surface area contributed by atoms with Crippen LogP contribution in [0.25, 0.3) is 0 Å². The Morgan fingerprint density at radius 2 is 1.06 bits per heavy atom. The van der Waals surface area contributed by atoms with Gasteiger partial charge in [0.2, 0.25) is 0 Å². The molecule has 0 aromatic rings. The smallest absolute Gasteiger partial charge is 0 e. The van der Waals surface area contributed by atoms with E-state index in [0.29, 0.717) is 0 Å². The van der Waals surface area contributed by atoms with Gasteiger partial charge in [0.1, 0.15) is 0 Å². The van der Waals surface area contributed by atoms with Crippen molar-refractivity contribution in [2.45, 2.75) is 58.3 Å². The summed E-state index contributed by atoms with van der Waals surface area (Å²) in [5.41, 5.74) is 0. The summed E-state index contributed by atoms with van der Waals surface area (Å²) in [4.78, 5) is 0. The average Bonchev–Trinajstić information content (AvgIpc) is 2.55. The average molecular weight is 559 g/mol. The van der Waals surface area contributed by atoms with Crippen molar-refractivity contribution in [1.82, 2.24) is 0 Å². The fourth-order valence-electron chi connectivity index (χ4n) is 4.75. The molecule has 0 aromatic heterocycles. The largest absolute Gasteiger partial charge is 0.310 e. The molecule has 0 bridgehead atoms. The quantitative estimate of drug-likeness (QED) is 0.391. The summed E-state index contributed by atoms with van der Waals surface area (Å²) in [7, 11) is 0. The van der Waals surface area contributed by atoms with Crippen LogP contribution in [0.15, 0.2) is 0 Å². The third kappa shape index (κ3) is 2.54. The van der Waals surface area contributed by atoms with E-state index in [1.54, 1.807) is 12.8 Å². The molecule has 0 saturated heterocycles. The van der Waals surface area contributed by atoms with Crippen LogP contribution < -0.4 is 0 Å². The van der Waals surface area contributed by atoms with E-state index in [1.807, 2.05) is 5.92 Å². The van der Waals surface area contributed by atoms with Crippen molar-refractivity contribution in [3.63, 3.8) is 0 Å². The van der Waals surface area contributed by atoms with E-state index < -0.39 is 0 Å². The van der Waals surface area contributed by atoms with Crippen molar-refractivity contribution in [3.05, 3.63) is 5.92 Å². The van der Waals surface area contributed by atoms with E-state index >= 15 is 0 Å². The molecule has 4 atom stereocenters. The fraction of sp³-hybridized carbons (Fsp3) is 0.929. The number of rotatable bonds is 0. The van der Waals surface area contributed by atoms with Gasteiger partial charge in [-0.25, -0.2) is 0 Å². The normalized spacial score (nSPS) is 42.6. The van der Waals surface area contributed by atoms with Crippen molar-refractivity contribution in [2.24, 2.45) is 23.7 Å². The van der Waals surface area contributed by atoms with Crippen LogP contribution in [0.5, 0.6) is 0 Å².